The molecule has 1 unspecified atom stereocenters. The molecule has 0 amide bonds. The summed E-state index contributed by atoms with van der Waals surface area (Å²) in [5, 5.41) is 10.4. The molecule has 94 valence electrons. The summed E-state index contributed by atoms with van der Waals surface area (Å²) in [5.41, 5.74) is 0.836. The van der Waals surface area contributed by atoms with Crippen LogP contribution in [0.3, 0.4) is 0 Å². The summed E-state index contributed by atoms with van der Waals surface area (Å²) in [6.07, 6.45) is 6.88. The van der Waals surface area contributed by atoms with E-state index < -0.39 is 0 Å². The van der Waals surface area contributed by atoms with Crippen molar-refractivity contribution in [2.24, 2.45) is 0 Å². The maximum Gasteiger partial charge on any atom is 0.0943 e. The summed E-state index contributed by atoms with van der Waals surface area (Å²) >= 11 is 0. The van der Waals surface area contributed by atoms with Gasteiger partial charge >= 0.3 is 0 Å². The monoisotopic (exact) mass is 226 g/mol. The van der Waals surface area contributed by atoms with Crippen molar-refractivity contribution in [3.8, 4) is 0 Å². The predicted octanol–water partition coefficient (Wildman–Crippen LogP) is 3.44. The van der Waals surface area contributed by atoms with Crippen molar-refractivity contribution in [1.29, 1.82) is 0 Å². The standard InChI is InChI=1S/C14H26O2/c1-4-12(3)11-13(15)14(16-5-2)9-7-6-8-10-14/h13,15H,3-11H2,1-2H3. The molecule has 1 atom stereocenters. The van der Waals surface area contributed by atoms with Gasteiger partial charge in [-0.25, -0.2) is 0 Å². The fourth-order valence-electron chi connectivity index (χ4n) is 2.62. The molecule has 2 nitrogen and oxygen atoms in total. The van der Waals surface area contributed by atoms with Crippen molar-refractivity contribution in [3.63, 3.8) is 0 Å². The van der Waals surface area contributed by atoms with Crippen molar-refractivity contribution in [3.05, 3.63) is 12.2 Å². The van der Waals surface area contributed by atoms with Crippen LogP contribution in [0.1, 0.15) is 58.8 Å². The summed E-state index contributed by atoms with van der Waals surface area (Å²) in [6, 6.07) is 0. The first-order chi connectivity index (χ1) is 7.64. The lowest BCUT2D eigenvalue weighted by atomic mass is 9.78. The molecule has 1 aliphatic carbocycles. The summed E-state index contributed by atoms with van der Waals surface area (Å²) in [6.45, 7) is 8.77. The average molecular weight is 226 g/mol. The molecule has 0 aliphatic heterocycles. The Kier molecular flexibility index (Phi) is 5.50. The minimum atomic E-state index is -0.375. The maximum absolute atomic E-state index is 10.4. The van der Waals surface area contributed by atoms with Crippen LogP contribution in [0.25, 0.3) is 0 Å². The summed E-state index contributed by atoms with van der Waals surface area (Å²) < 4.78 is 5.89. The molecule has 0 bridgehead atoms. The number of aliphatic hydroxyl groups is 1. The van der Waals surface area contributed by atoms with E-state index in [2.05, 4.69) is 13.5 Å². The Morgan fingerprint density at radius 3 is 2.44 bits per heavy atom. The third kappa shape index (κ3) is 3.33. The van der Waals surface area contributed by atoms with Crippen LogP contribution < -0.4 is 0 Å². The number of ether oxygens (including phenoxy) is 1. The molecule has 1 N–H and O–H groups in total. The van der Waals surface area contributed by atoms with Crippen molar-refractivity contribution in [2.45, 2.75) is 70.5 Å². The topological polar surface area (TPSA) is 29.5 Å². The van der Waals surface area contributed by atoms with Crippen molar-refractivity contribution >= 4 is 0 Å². The van der Waals surface area contributed by atoms with Gasteiger partial charge in [0.15, 0.2) is 0 Å². The number of aliphatic hydroxyl groups excluding tert-OH is 1. The Balaban J connectivity index is 2.63. The molecular formula is C14H26O2. The fourth-order valence-corrected chi connectivity index (χ4v) is 2.62. The second-order valence-electron chi connectivity index (χ2n) is 4.88. The van der Waals surface area contributed by atoms with Gasteiger partial charge in [-0.2, -0.15) is 0 Å². The van der Waals surface area contributed by atoms with E-state index in [0.717, 1.165) is 24.8 Å². The van der Waals surface area contributed by atoms with Crippen LogP contribution in [0.4, 0.5) is 0 Å². The Morgan fingerprint density at radius 2 is 1.94 bits per heavy atom. The zero-order valence-corrected chi connectivity index (χ0v) is 10.8. The van der Waals surface area contributed by atoms with Gasteiger partial charge in [0.05, 0.1) is 11.7 Å². The second kappa shape index (κ2) is 6.41. The molecule has 0 aromatic carbocycles. The number of rotatable bonds is 6. The molecule has 1 aliphatic rings. The van der Waals surface area contributed by atoms with Crippen LogP contribution in [-0.4, -0.2) is 23.4 Å². The van der Waals surface area contributed by atoms with Crippen LogP contribution in [0.2, 0.25) is 0 Å². The zero-order chi connectivity index (χ0) is 12.0. The van der Waals surface area contributed by atoms with Gasteiger partial charge in [-0.3, -0.25) is 0 Å². The number of hydrogen-bond acceptors (Lipinski definition) is 2. The maximum atomic E-state index is 10.4. The quantitative estimate of drug-likeness (QED) is 0.703. The van der Waals surface area contributed by atoms with Crippen LogP contribution in [0, 0.1) is 0 Å². The van der Waals surface area contributed by atoms with Gasteiger partial charge in [0.1, 0.15) is 0 Å². The molecule has 16 heavy (non-hydrogen) atoms. The molecule has 0 heterocycles. The highest BCUT2D eigenvalue weighted by Gasteiger charge is 2.39. The third-order valence-electron chi connectivity index (χ3n) is 3.72. The van der Waals surface area contributed by atoms with E-state index in [1.54, 1.807) is 0 Å². The molecule has 1 fully saturated rings. The summed E-state index contributed by atoms with van der Waals surface area (Å²) in [4.78, 5) is 0. The zero-order valence-electron chi connectivity index (χ0n) is 10.8. The van der Waals surface area contributed by atoms with Gasteiger partial charge in [-0.05, 0) is 32.6 Å². The SMILES string of the molecule is C=C(CC)CC(O)C1(OCC)CCCCC1. The molecular weight excluding hydrogens is 200 g/mol. The molecule has 1 saturated carbocycles. The van der Waals surface area contributed by atoms with E-state index in [4.69, 9.17) is 4.74 Å². The summed E-state index contributed by atoms with van der Waals surface area (Å²) in [7, 11) is 0. The highest BCUT2D eigenvalue weighted by Crippen LogP contribution is 2.36. The van der Waals surface area contributed by atoms with E-state index in [1.807, 2.05) is 6.92 Å². The minimum absolute atomic E-state index is 0.287. The van der Waals surface area contributed by atoms with Crippen molar-refractivity contribution in [1.82, 2.24) is 0 Å². The molecule has 2 heteroatoms. The minimum Gasteiger partial charge on any atom is -0.390 e. The lowest BCUT2D eigenvalue weighted by Crippen LogP contribution is -2.46. The predicted molar refractivity (Wildman–Crippen MR) is 67.5 cm³/mol. The van der Waals surface area contributed by atoms with E-state index in [-0.39, 0.29) is 11.7 Å². The first-order valence-corrected chi connectivity index (χ1v) is 6.63. The van der Waals surface area contributed by atoms with Crippen LogP contribution >= 0.6 is 0 Å². The van der Waals surface area contributed by atoms with Crippen LogP contribution in [0.15, 0.2) is 12.2 Å². The average Bonchev–Trinajstić information content (AvgIpc) is 2.30. The van der Waals surface area contributed by atoms with Gasteiger partial charge in [0.25, 0.3) is 0 Å². The lowest BCUT2D eigenvalue weighted by Gasteiger charge is -2.41. The largest absolute Gasteiger partial charge is 0.390 e. The third-order valence-corrected chi connectivity index (χ3v) is 3.72. The highest BCUT2D eigenvalue weighted by atomic mass is 16.5. The Hall–Kier alpha value is -0.340. The van der Waals surface area contributed by atoms with E-state index >= 15 is 0 Å². The van der Waals surface area contributed by atoms with Crippen molar-refractivity contribution in [2.75, 3.05) is 6.61 Å². The van der Waals surface area contributed by atoms with E-state index in [0.29, 0.717) is 13.0 Å². The molecule has 0 aromatic rings. The Morgan fingerprint density at radius 1 is 1.31 bits per heavy atom. The first-order valence-electron chi connectivity index (χ1n) is 6.63. The van der Waals surface area contributed by atoms with E-state index in [1.165, 1.54) is 19.3 Å². The first kappa shape index (κ1) is 13.7. The second-order valence-corrected chi connectivity index (χ2v) is 4.88. The molecule has 1 rings (SSSR count). The van der Waals surface area contributed by atoms with Gasteiger partial charge in [-0.15, -0.1) is 0 Å². The smallest absolute Gasteiger partial charge is 0.0943 e. The molecule has 0 aromatic heterocycles. The molecule has 0 spiro atoms. The van der Waals surface area contributed by atoms with Crippen molar-refractivity contribution < 1.29 is 9.84 Å². The van der Waals surface area contributed by atoms with Crippen LogP contribution in [-0.2, 0) is 4.74 Å². The van der Waals surface area contributed by atoms with E-state index in [9.17, 15) is 5.11 Å². The molecule has 0 saturated heterocycles. The van der Waals surface area contributed by atoms with Gasteiger partial charge in [0.2, 0.25) is 0 Å². The lowest BCUT2D eigenvalue weighted by molar-refractivity contribution is -0.138. The Bertz CT molecular complexity index is 211. The summed E-state index contributed by atoms with van der Waals surface area (Å²) in [5.74, 6) is 0. The number of hydrogen-bond donors (Lipinski definition) is 1. The normalized spacial score (nSPS) is 21.7. The van der Waals surface area contributed by atoms with Gasteiger partial charge < -0.3 is 9.84 Å². The molecule has 0 radical (unpaired) electrons. The van der Waals surface area contributed by atoms with Gasteiger partial charge in [-0.1, -0.05) is 38.3 Å². The van der Waals surface area contributed by atoms with Crippen LogP contribution in [0.5, 0.6) is 0 Å². The fraction of sp³-hybridized carbons (Fsp3) is 0.857. The Labute approximate surface area is 99.7 Å². The van der Waals surface area contributed by atoms with Gasteiger partial charge in [0, 0.05) is 6.61 Å². The highest BCUT2D eigenvalue weighted by molar-refractivity contribution is 5.01.